The van der Waals surface area contributed by atoms with Crippen molar-refractivity contribution in [3.63, 3.8) is 0 Å². The van der Waals surface area contributed by atoms with E-state index in [2.05, 4.69) is 26.5 Å². The van der Waals surface area contributed by atoms with E-state index in [1.807, 2.05) is 6.07 Å². The van der Waals surface area contributed by atoms with Gasteiger partial charge in [-0.15, -0.1) is 0 Å². The first-order valence-corrected chi connectivity index (χ1v) is 7.46. The van der Waals surface area contributed by atoms with E-state index in [0.717, 1.165) is 24.4 Å². The molecule has 0 radical (unpaired) electrons. The molecule has 1 unspecified atom stereocenters. The molecule has 0 fully saturated rings. The Bertz CT molecular complexity index is 738. The first kappa shape index (κ1) is 17.1. The molecular formula is C16H13BrF2N2O2. The minimum absolute atomic E-state index is 0.0651. The number of rotatable bonds is 5. The molecule has 1 N–H and O–H groups in total. The Morgan fingerprint density at radius 3 is 2.78 bits per heavy atom. The van der Waals surface area contributed by atoms with Gasteiger partial charge in [0.1, 0.15) is 17.4 Å². The van der Waals surface area contributed by atoms with E-state index >= 15 is 0 Å². The molecule has 0 aliphatic heterocycles. The Hall–Kier alpha value is -2.28. The maximum Gasteiger partial charge on any atom is 0.280 e. The SMILES string of the molecule is CC(Oc1ccccc1Br)C(=O)NN=Cc1cc(F)ccc1F. The van der Waals surface area contributed by atoms with Crippen molar-refractivity contribution in [3.8, 4) is 5.75 Å². The second kappa shape index (κ2) is 7.82. The van der Waals surface area contributed by atoms with Gasteiger partial charge in [-0.1, -0.05) is 12.1 Å². The number of nitrogens with zero attached hydrogens (tertiary/aromatic N) is 1. The molecule has 4 nitrogen and oxygen atoms in total. The molecule has 23 heavy (non-hydrogen) atoms. The number of ether oxygens (including phenoxy) is 1. The molecule has 0 saturated heterocycles. The number of nitrogens with one attached hydrogen (secondary N) is 1. The van der Waals surface area contributed by atoms with E-state index in [1.165, 1.54) is 0 Å². The topological polar surface area (TPSA) is 50.7 Å². The third-order valence-corrected chi connectivity index (χ3v) is 3.50. The predicted molar refractivity (Wildman–Crippen MR) is 86.3 cm³/mol. The summed E-state index contributed by atoms with van der Waals surface area (Å²) < 4.78 is 32.6. The highest BCUT2D eigenvalue weighted by atomic mass is 79.9. The minimum atomic E-state index is -0.816. The van der Waals surface area contributed by atoms with Crippen LogP contribution in [-0.4, -0.2) is 18.2 Å². The molecule has 0 aliphatic carbocycles. The zero-order chi connectivity index (χ0) is 16.8. The number of carbonyl (C=O) groups is 1. The average molecular weight is 383 g/mol. The molecule has 0 saturated carbocycles. The van der Waals surface area contributed by atoms with Crippen molar-refractivity contribution in [2.45, 2.75) is 13.0 Å². The monoisotopic (exact) mass is 382 g/mol. The molecule has 2 rings (SSSR count). The average Bonchev–Trinajstić information content (AvgIpc) is 2.52. The predicted octanol–water partition coefficient (Wildman–Crippen LogP) is 3.64. The summed E-state index contributed by atoms with van der Waals surface area (Å²) >= 11 is 3.31. The highest BCUT2D eigenvalue weighted by Gasteiger charge is 2.15. The van der Waals surface area contributed by atoms with Crippen LogP contribution in [0.1, 0.15) is 12.5 Å². The van der Waals surface area contributed by atoms with Crippen LogP contribution in [0, 0.1) is 11.6 Å². The first-order valence-electron chi connectivity index (χ1n) is 6.66. The largest absolute Gasteiger partial charge is 0.480 e. The number of halogens is 3. The normalized spacial score (nSPS) is 12.2. The lowest BCUT2D eigenvalue weighted by Crippen LogP contribution is -2.33. The molecule has 0 spiro atoms. The number of hydrazone groups is 1. The lowest BCUT2D eigenvalue weighted by molar-refractivity contribution is -0.127. The fourth-order valence-corrected chi connectivity index (χ4v) is 2.03. The molecule has 1 atom stereocenters. The molecule has 2 aromatic rings. The van der Waals surface area contributed by atoms with Crippen molar-refractivity contribution < 1.29 is 18.3 Å². The van der Waals surface area contributed by atoms with Crippen LogP contribution in [0.25, 0.3) is 0 Å². The van der Waals surface area contributed by atoms with Crippen molar-refractivity contribution in [3.05, 3.63) is 64.1 Å². The van der Waals surface area contributed by atoms with Gasteiger partial charge >= 0.3 is 0 Å². The van der Waals surface area contributed by atoms with Gasteiger partial charge in [-0.2, -0.15) is 5.10 Å². The molecule has 0 bridgehead atoms. The smallest absolute Gasteiger partial charge is 0.280 e. The highest BCUT2D eigenvalue weighted by molar-refractivity contribution is 9.10. The van der Waals surface area contributed by atoms with Crippen LogP contribution in [0.5, 0.6) is 5.75 Å². The van der Waals surface area contributed by atoms with Crippen LogP contribution in [0.4, 0.5) is 8.78 Å². The standard InChI is InChI=1S/C16H13BrF2N2O2/c1-10(23-15-5-3-2-4-13(15)17)16(22)21-20-9-11-8-12(18)6-7-14(11)19/h2-10H,1H3,(H,21,22). The maximum atomic E-state index is 13.4. The van der Waals surface area contributed by atoms with Gasteiger partial charge in [0, 0.05) is 5.56 Å². The first-order chi connectivity index (χ1) is 11.0. The fraction of sp³-hybridized carbons (Fsp3) is 0.125. The number of hydrogen-bond acceptors (Lipinski definition) is 3. The van der Waals surface area contributed by atoms with Crippen LogP contribution in [0.15, 0.2) is 52.0 Å². The molecular weight excluding hydrogens is 370 g/mol. The van der Waals surface area contributed by atoms with Gasteiger partial charge in [0.2, 0.25) is 0 Å². The summed E-state index contributed by atoms with van der Waals surface area (Å²) in [5.41, 5.74) is 2.15. The Balaban J connectivity index is 1.95. The van der Waals surface area contributed by atoms with E-state index in [4.69, 9.17) is 4.74 Å². The quantitative estimate of drug-likeness (QED) is 0.633. The summed E-state index contributed by atoms with van der Waals surface area (Å²) in [5, 5.41) is 3.61. The van der Waals surface area contributed by atoms with Crippen LogP contribution in [-0.2, 0) is 4.79 Å². The number of benzene rings is 2. The van der Waals surface area contributed by atoms with E-state index in [1.54, 1.807) is 25.1 Å². The summed E-state index contributed by atoms with van der Waals surface area (Å²) in [6.45, 7) is 1.55. The van der Waals surface area contributed by atoms with Gasteiger partial charge in [-0.25, -0.2) is 14.2 Å². The van der Waals surface area contributed by atoms with Crippen molar-refractivity contribution >= 4 is 28.1 Å². The highest BCUT2D eigenvalue weighted by Crippen LogP contribution is 2.24. The van der Waals surface area contributed by atoms with Gasteiger partial charge < -0.3 is 4.74 Å². The zero-order valence-corrected chi connectivity index (χ0v) is 13.7. The summed E-state index contributed by atoms with van der Waals surface area (Å²) in [6, 6.07) is 10.0. The van der Waals surface area contributed by atoms with Crippen molar-refractivity contribution in [1.29, 1.82) is 0 Å². The maximum absolute atomic E-state index is 13.4. The minimum Gasteiger partial charge on any atom is -0.480 e. The summed E-state index contributed by atoms with van der Waals surface area (Å²) in [7, 11) is 0. The van der Waals surface area contributed by atoms with Gasteiger partial charge in [0.25, 0.3) is 5.91 Å². The Labute approximate surface area is 140 Å². The summed E-state index contributed by atoms with van der Waals surface area (Å²) in [4.78, 5) is 11.9. The third kappa shape index (κ3) is 4.85. The molecule has 7 heteroatoms. The number of hydrogen-bond donors (Lipinski definition) is 1. The van der Waals surface area contributed by atoms with Crippen LogP contribution in [0.3, 0.4) is 0 Å². The Morgan fingerprint density at radius 2 is 2.04 bits per heavy atom. The summed E-state index contributed by atoms with van der Waals surface area (Å²) in [6.07, 6.45) is 0.213. The van der Waals surface area contributed by atoms with Crippen LogP contribution in [0.2, 0.25) is 0 Å². The molecule has 2 aromatic carbocycles. The number of amides is 1. The number of para-hydroxylation sites is 1. The second-order valence-corrected chi connectivity index (χ2v) is 5.44. The van der Waals surface area contributed by atoms with Gasteiger partial charge in [-0.05, 0) is 53.2 Å². The molecule has 0 aromatic heterocycles. The molecule has 120 valence electrons. The van der Waals surface area contributed by atoms with Crippen LogP contribution < -0.4 is 10.2 Å². The fourth-order valence-electron chi connectivity index (χ4n) is 1.65. The van der Waals surface area contributed by atoms with Gasteiger partial charge in [0.15, 0.2) is 6.10 Å². The van der Waals surface area contributed by atoms with E-state index < -0.39 is 23.6 Å². The molecule has 0 heterocycles. The van der Waals surface area contributed by atoms with Crippen molar-refractivity contribution in [2.75, 3.05) is 0 Å². The van der Waals surface area contributed by atoms with E-state index in [9.17, 15) is 13.6 Å². The lowest BCUT2D eigenvalue weighted by atomic mass is 10.2. The third-order valence-electron chi connectivity index (χ3n) is 2.85. The Kier molecular flexibility index (Phi) is 5.81. The summed E-state index contributed by atoms with van der Waals surface area (Å²) in [5.74, 6) is -1.24. The molecule has 1 amide bonds. The lowest BCUT2D eigenvalue weighted by Gasteiger charge is -2.13. The second-order valence-electron chi connectivity index (χ2n) is 4.59. The van der Waals surface area contributed by atoms with Gasteiger partial charge in [0.05, 0.1) is 10.7 Å². The van der Waals surface area contributed by atoms with E-state index in [0.29, 0.717) is 10.2 Å². The Morgan fingerprint density at radius 1 is 1.30 bits per heavy atom. The van der Waals surface area contributed by atoms with Crippen molar-refractivity contribution in [2.24, 2.45) is 5.10 Å². The van der Waals surface area contributed by atoms with E-state index in [-0.39, 0.29) is 5.56 Å². The zero-order valence-electron chi connectivity index (χ0n) is 12.1. The van der Waals surface area contributed by atoms with Gasteiger partial charge in [-0.3, -0.25) is 4.79 Å². The molecule has 0 aliphatic rings. The number of carbonyl (C=O) groups excluding carboxylic acids is 1. The van der Waals surface area contributed by atoms with Crippen molar-refractivity contribution in [1.82, 2.24) is 5.43 Å². The van der Waals surface area contributed by atoms with Crippen LogP contribution >= 0.6 is 15.9 Å².